The van der Waals surface area contributed by atoms with Crippen molar-refractivity contribution in [2.45, 2.75) is 25.9 Å². The number of aromatic nitrogens is 3. The third-order valence-electron chi connectivity index (χ3n) is 5.81. The SMILES string of the molecule is N#CC1CC=C(c2nccn3ncc(-c4ccc(OCc5ccccc5)c(F)c4)c23)CC1. The van der Waals surface area contributed by atoms with E-state index < -0.39 is 5.82 Å². The van der Waals surface area contributed by atoms with Crippen LogP contribution in [-0.2, 0) is 6.61 Å². The van der Waals surface area contributed by atoms with E-state index in [2.05, 4.69) is 22.2 Å². The maximum Gasteiger partial charge on any atom is 0.165 e. The molecule has 0 amide bonds. The molecular formula is C26H21FN4O. The van der Waals surface area contributed by atoms with E-state index in [0.717, 1.165) is 47.2 Å². The van der Waals surface area contributed by atoms with Crippen LogP contribution >= 0.6 is 0 Å². The molecule has 1 aliphatic carbocycles. The van der Waals surface area contributed by atoms with E-state index in [1.807, 2.05) is 36.4 Å². The van der Waals surface area contributed by atoms with Crippen molar-refractivity contribution in [2.24, 2.45) is 5.92 Å². The molecule has 5 rings (SSSR count). The van der Waals surface area contributed by atoms with Gasteiger partial charge in [0, 0.05) is 18.0 Å². The fraction of sp³-hybridized carbons (Fsp3) is 0.192. The quantitative estimate of drug-likeness (QED) is 0.405. The Morgan fingerprint density at radius 1 is 1.19 bits per heavy atom. The van der Waals surface area contributed by atoms with Gasteiger partial charge < -0.3 is 4.74 Å². The highest BCUT2D eigenvalue weighted by Crippen LogP contribution is 2.35. The lowest BCUT2D eigenvalue weighted by atomic mass is 9.88. The first-order valence-corrected chi connectivity index (χ1v) is 10.6. The van der Waals surface area contributed by atoms with Gasteiger partial charge in [-0.15, -0.1) is 0 Å². The predicted octanol–water partition coefficient (Wildman–Crippen LogP) is 5.82. The topological polar surface area (TPSA) is 63.2 Å². The first-order valence-electron chi connectivity index (χ1n) is 10.6. The van der Waals surface area contributed by atoms with Gasteiger partial charge in [0.1, 0.15) is 6.61 Å². The second kappa shape index (κ2) is 8.64. The molecule has 0 spiro atoms. The fourth-order valence-corrected chi connectivity index (χ4v) is 4.08. The summed E-state index contributed by atoms with van der Waals surface area (Å²) in [6.45, 7) is 0.305. The van der Waals surface area contributed by atoms with Gasteiger partial charge >= 0.3 is 0 Å². The highest BCUT2D eigenvalue weighted by atomic mass is 19.1. The maximum absolute atomic E-state index is 14.9. The lowest BCUT2D eigenvalue weighted by Gasteiger charge is -2.17. The van der Waals surface area contributed by atoms with Crippen molar-refractivity contribution in [2.75, 3.05) is 0 Å². The summed E-state index contributed by atoms with van der Waals surface area (Å²) < 4.78 is 22.3. The molecular weight excluding hydrogens is 403 g/mol. The highest BCUT2D eigenvalue weighted by molar-refractivity contribution is 5.88. The molecule has 0 fully saturated rings. The molecule has 1 atom stereocenters. The van der Waals surface area contributed by atoms with E-state index in [9.17, 15) is 9.65 Å². The Balaban J connectivity index is 1.47. The number of halogens is 1. The Bertz CT molecular complexity index is 1340. The molecule has 0 bridgehead atoms. The van der Waals surface area contributed by atoms with Gasteiger partial charge in [0.15, 0.2) is 11.6 Å². The molecule has 1 aliphatic rings. The summed E-state index contributed by atoms with van der Waals surface area (Å²) in [7, 11) is 0. The van der Waals surface area contributed by atoms with Crippen molar-refractivity contribution in [3.8, 4) is 22.9 Å². The second-order valence-corrected chi connectivity index (χ2v) is 7.88. The molecule has 2 heterocycles. The molecule has 0 N–H and O–H groups in total. The zero-order valence-electron chi connectivity index (χ0n) is 17.4. The highest BCUT2D eigenvalue weighted by Gasteiger charge is 2.20. The van der Waals surface area contributed by atoms with E-state index in [-0.39, 0.29) is 11.7 Å². The van der Waals surface area contributed by atoms with Crippen molar-refractivity contribution in [3.63, 3.8) is 0 Å². The van der Waals surface area contributed by atoms with Crippen LogP contribution in [0.2, 0.25) is 0 Å². The molecule has 5 nitrogen and oxygen atoms in total. The van der Waals surface area contributed by atoms with Crippen LogP contribution in [-0.4, -0.2) is 14.6 Å². The summed E-state index contributed by atoms with van der Waals surface area (Å²) in [6.07, 6.45) is 9.67. The smallest absolute Gasteiger partial charge is 0.165 e. The van der Waals surface area contributed by atoms with Crippen LogP contribution in [0.1, 0.15) is 30.5 Å². The molecule has 32 heavy (non-hydrogen) atoms. The van der Waals surface area contributed by atoms with Crippen LogP contribution in [0, 0.1) is 23.1 Å². The summed E-state index contributed by atoms with van der Waals surface area (Å²) >= 11 is 0. The number of nitriles is 1. The number of hydrogen-bond acceptors (Lipinski definition) is 4. The van der Waals surface area contributed by atoms with Gasteiger partial charge in [-0.25, -0.2) is 8.91 Å². The van der Waals surface area contributed by atoms with Crippen molar-refractivity contribution in [3.05, 3.63) is 90.3 Å². The lowest BCUT2D eigenvalue weighted by Crippen LogP contribution is -2.05. The third kappa shape index (κ3) is 3.85. The summed E-state index contributed by atoms with van der Waals surface area (Å²) in [5.74, 6) is -0.151. The van der Waals surface area contributed by atoms with Gasteiger partial charge in [0.2, 0.25) is 0 Å². The zero-order valence-corrected chi connectivity index (χ0v) is 17.4. The van der Waals surface area contributed by atoms with E-state index in [4.69, 9.17) is 4.74 Å². The molecule has 1 unspecified atom stereocenters. The molecule has 4 aromatic rings. The summed E-state index contributed by atoms with van der Waals surface area (Å²) in [6, 6.07) is 17.0. The van der Waals surface area contributed by atoms with Crippen molar-refractivity contribution in [1.29, 1.82) is 5.26 Å². The first-order chi connectivity index (χ1) is 15.7. The number of ether oxygens (including phenoxy) is 1. The van der Waals surface area contributed by atoms with Crippen LogP contribution in [0.5, 0.6) is 5.75 Å². The van der Waals surface area contributed by atoms with Crippen LogP contribution in [0.3, 0.4) is 0 Å². The van der Waals surface area contributed by atoms with Crippen LogP contribution in [0.25, 0.3) is 22.2 Å². The molecule has 158 valence electrons. The van der Waals surface area contributed by atoms with E-state index in [1.54, 1.807) is 29.2 Å². The number of allylic oxidation sites excluding steroid dienone is 2. The van der Waals surface area contributed by atoms with Crippen molar-refractivity contribution < 1.29 is 9.13 Å². The molecule has 0 saturated carbocycles. The summed E-state index contributed by atoms with van der Waals surface area (Å²) in [5.41, 5.74) is 5.28. The molecule has 0 radical (unpaired) electrons. The Kier molecular flexibility index (Phi) is 5.39. The van der Waals surface area contributed by atoms with E-state index in [0.29, 0.717) is 12.2 Å². The Morgan fingerprint density at radius 2 is 2.06 bits per heavy atom. The lowest BCUT2D eigenvalue weighted by molar-refractivity contribution is 0.290. The number of hydrogen-bond donors (Lipinski definition) is 0. The minimum atomic E-state index is -0.419. The minimum absolute atomic E-state index is 0.0559. The van der Waals surface area contributed by atoms with Crippen LogP contribution < -0.4 is 4.74 Å². The standard InChI is InChI=1S/C26H21FN4O/c27-23-14-21(10-11-24(23)32-17-19-4-2-1-3-5-19)22-16-30-31-13-12-29-25(26(22)31)20-8-6-18(15-28)7-9-20/h1-5,8,10-14,16,18H,6-7,9,17H2. The van der Waals surface area contributed by atoms with E-state index in [1.165, 1.54) is 6.07 Å². The van der Waals surface area contributed by atoms with Crippen LogP contribution in [0.4, 0.5) is 4.39 Å². The predicted molar refractivity (Wildman–Crippen MR) is 120 cm³/mol. The molecule has 0 saturated heterocycles. The number of nitrogens with zero attached hydrogens (tertiary/aromatic N) is 4. The van der Waals surface area contributed by atoms with Gasteiger partial charge in [-0.3, -0.25) is 4.98 Å². The van der Waals surface area contributed by atoms with Gasteiger partial charge in [0.05, 0.1) is 29.4 Å². The second-order valence-electron chi connectivity index (χ2n) is 7.88. The van der Waals surface area contributed by atoms with Gasteiger partial charge in [-0.2, -0.15) is 10.4 Å². The van der Waals surface area contributed by atoms with Crippen molar-refractivity contribution in [1.82, 2.24) is 14.6 Å². The normalized spacial score (nSPS) is 15.9. The average Bonchev–Trinajstić information content (AvgIpc) is 3.28. The Hall–Kier alpha value is -3.98. The van der Waals surface area contributed by atoms with Gasteiger partial charge in [0.25, 0.3) is 0 Å². The minimum Gasteiger partial charge on any atom is -0.486 e. The Morgan fingerprint density at radius 3 is 2.81 bits per heavy atom. The third-order valence-corrected chi connectivity index (χ3v) is 5.81. The monoisotopic (exact) mass is 424 g/mol. The zero-order chi connectivity index (χ0) is 21.9. The number of benzene rings is 2. The largest absolute Gasteiger partial charge is 0.486 e. The number of rotatable bonds is 5. The summed E-state index contributed by atoms with van der Waals surface area (Å²) in [4.78, 5) is 4.61. The fourth-order valence-electron chi connectivity index (χ4n) is 4.08. The van der Waals surface area contributed by atoms with E-state index >= 15 is 0 Å². The number of fused-ring (bicyclic) bond motifs is 1. The van der Waals surface area contributed by atoms with Crippen LogP contribution in [0.15, 0.2) is 73.2 Å². The molecule has 2 aromatic heterocycles. The van der Waals surface area contributed by atoms with Gasteiger partial charge in [-0.1, -0.05) is 42.5 Å². The Labute approximate surface area is 185 Å². The van der Waals surface area contributed by atoms with Gasteiger partial charge in [-0.05, 0) is 48.1 Å². The average molecular weight is 424 g/mol. The maximum atomic E-state index is 14.9. The summed E-state index contributed by atoms with van der Waals surface area (Å²) in [5, 5.41) is 13.6. The molecule has 0 aliphatic heterocycles. The van der Waals surface area contributed by atoms with Crippen molar-refractivity contribution >= 4 is 11.1 Å². The molecule has 2 aromatic carbocycles. The first kappa shape index (κ1) is 20.0. The molecule has 6 heteroatoms.